The second-order valence-corrected chi connectivity index (χ2v) is 12.2. The molecule has 1 fully saturated rings. The molecule has 8 nitrogen and oxygen atoms in total. The van der Waals surface area contributed by atoms with Crippen molar-refractivity contribution >= 4 is 47.0 Å². The van der Waals surface area contributed by atoms with Crippen LogP contribution in [0.1, 0.15) is 27.8 Å². The van der Waals surface area contributed by atoms with Gasteiger partial charge in [-0.2, -0.15) is 0 Å². The molecule has 4 aromatic rings. The van der Waals surface area contributed by atoms with Gasteiger partial charge in [-0.05, 0) is 41.8 Å². The number of thioether (sulfide) groups is 1. The predicted octanol–water partition coefficient (Wildman–Crippen LogP) is 5.53. The predicted molar refractivity (Wildman–Crippen MR) is 171 cm³/mol. The van der Waals surface area contributed by atoms with Crippen molar-refractivity contribution in [2.75, 3.05) is 12.4 Å². The van der Waals surface area contributed by atoms with Gasteiger partial charge in [-0.15, -0.1) is 23.1 Å². The monoisotopic (exact) mass is 623 g/mol. The Hall–Kier alpha value is -4.67. The molecule has 44 heavy (non-hydrogen) atoms. The number of para-hydroxylation sites is 1. The van der Waals surface area contributed by atoms with Crippen LogP contribution < -0.4 is 10.1 Å². The van der Waals surface area contributed by atoms with Crippen LogP contribution in [0, 0.1) is 6.92 Å². The van der Waals surface area contributed by atoms with E-state index in [9.17, 15) is 14.4 Å². The van der Waals surface area contributed by atoms with E-state index in [4.69, 9.17) is 9.47 Å². The highest BCUT2D eigenvalue weighted by Gasteiger charge is 2.54. The fourth-order valence-corrected chi connectivity index (χ4v) is 7.05. The number of allylic oxidation sites excluding steroid dienone is 1. The minimum atomic E-state index is -0.789. The molecule has 0 spiro atoms. The first-order valence-electron chi connectivity index (χ1n) is 14.0. The Morgan fingerprint density at radius 1 is 0.977 bits per heavy atom. The quantitative estimate of drug-likeness (QED) is 0.183. The van der Waals surface area contributed by atoms with Gasteiger partial charge in [0, 0.05) is 10.6 Å². The smallest absolute Gasteiger partial charge is 0.356 e. The van der Waals surface area contributed by atoms with Crippen LogP contribution in [-0.2, 0) is 19.1 Å². The Morgan fingerprint density at radius 2 is 1.61 bits per heavy atom. The Labute approximate surface area is 263 Å². The first-order valence-corrected chi connectivity index (χ1v) is 16.0. The minimum absolute atomic E-state index is 0.181. The molecule has 0 aliphatic carbocycles. The summed E-state index contributed by atoms with van der Waals surface area (Å²) in [5.74, 6) is -0.401. The molecule has 0 saturated carbocycles. The van der Waals surface area contributed by atoms with Gasteiger partial charge in [0.25, 0.3) is 11.8 Å². The third-order valence-corrected chi connectivity index (χ3v) is 9.47. The number of carbonyl (C=O) groups is 3. The zero-order chi connectivity index (χ0) is 30.5. The maximum atomic E-state index is 14.1. The summed E-state index contributed by atoms with van der Waals surface area (Å²) in [6.45, 7) is 1.69. The maximum absolute atomic E-state index is 14.1. The van der Waals surface area contributed by atoms with Crippen molar-refractivity contribution in [3.05, 3.63) is 136 Å². The van der Waals surface area contributed by atoms with Crippen molar-refractivity contribution in [2.45, 2.75) is 24.4 Å². The summed E-state index contributed by atoms with van der Waals surface area (Å²) in [5, 5.41) is 2.33. The van der Waals surface area contributed by atoms with E-state index in [1.165, 1.54) is 28.0 Å². The number of hydrogen-bond donors (Lipinski definition) is 1. The van der Waals surface area contributed by atoms with Crippen LogP contribution in [0.4, 0.5) is 0 Å². The third-order valence-electron chi connectivity index (χ3n) is 7.27. The Balaban J connectivity index is 1.26. The SMILES string of the molecule is Cc1ncsc1C=CC1=C(C(=O)OC(c2ccccc2)c2ccccc2)N2C(=O)C(NC(=O)COc3ccccc3)[C@@H]2SC1. The summed E-state index contributed by atoms with van der Waals surface area (Å²) in [5.41, 5.74) is 5.11. The van der Waals surface area contributed by atoms with Crippen LogP contribution in [0.5, 0.6) is 5.75 Å². The van der Waals surface area contributed by atoms with Crippen LogP contribution in [0.15, 0.2) is 114 Å². The molecule has 0 radical (unpaired) electrons. The van der Waals surface area contributed by atoms with Gasteiger partial charge in [-0.1, -0.05) is 84.9 Å². The number of fused-ring (bicyclic) bond motifs is 1. The summed E-state index contributed by atoms with van der Waals surface area (Å²) in [4.78, 5) is 47.1. The molecule has 2 atom stereocenters. The normalized spacial score (nSPS) is 17.8. The van der Waals surface area contributed by atoms with Gasteiger partial charge in [-0.25, -0.2) is 9.78 Å². The number of nitrogens with zero attached hydrogens (tertiary/aromatic N) is 2. The van der Waals surface area contributed by atoms with Crippen molar-refractivity contribution < 1.29 is 23.9 Å². The fraction of sp³-hybridized carbons (Fsp3) is 0.176. The Bertz CT molecular complexity index is 1670. The molecule has 1 N–H and O–H groups in total. The zero-order valence-corrected chi connectivity index (χ0v) is 25.4. The zero-order valence-electron chi connectivity index (χ0n) is 23.8. The van der Waals surface area contributed by atoms with Gasteiger partial charge >= 0.3 is 5.97 Å². The molecule has 2 amide bonds. The number of aromatic nitrogens is 1. The van der Waals surface area contributed by atoms with Crippen LogP contribution in [-0.4, -0.2) is 51.4 Å². The van der Waals surface area contributed by atoms with Crippen LogP contribution >= 0.6 is 23.1 Å². The standard InChI is InChI=1S/C34H29N3O5S2/c1-22-27(44-21-35-22)18-17-25-20-43-33-29(36-28(38)19-41-26-15-9-4-10-16-26)32(39)37(33)30(25)34(40)42-31(23-11-5-2-6-12-23)24-13-7-3-8-14-24/h2-18,21,29,31,33H,19-20H2,1H3,(H,36,38)/t29?,33-/m0/s1. The first kappa shape index (κ1) is 29.4. The topological polar surface area (TPSA) is 97.8 Å². The summed E-state index contributed by atoms with van der Waals surface area (Å²) >= 11 is 2.98. The lowest BCUT2D eigenvalue weighted by molar-refractivity contribution is -0.154. The van der Waals surface area contributed by atoms with Gasteiger partial charge in [0.15, 0.2) is 12.7 Å². The molecular weight excluding hydrogens is 595 g/mol. The largest absolute Gasteiger partial charge is 0.484 e. The van der Waals surface area contributed by atoms with Crippen LogP contribution in [0.25, 0.3) is 6.08 Å². The highest BCUT2D eigenvalue weighted by Crippen LogP contribution is 2.42. The number of β-lactam (4-membered cyclic amide) rings is 1. The highest BCUT2D eigenvalue weighted by atomic mass is 32.2. The molecular formula is C34H29N3O5S2. The Kier molecular flexibility index (Phi) is 8.90. The van der Waals surface area contributed by atoms with Gasteiger partial charge in [-0.3, -0.25) is 14.5 Å². The van der Waals surface area contributed by atoms with Crippen molar-refractivity contribution in [2.24, 2.45) is 0 Å². The Morgan fingerprint density at radius 3 is 2.23 bits per heavy atom. The number of thiazole rings is 1. The third kappa shape index (κ3) is 6.31. The van der Waals surface area contributed by atoms with E-state index in [2.05, 4.69) is 10.3 Å². The molecule has 0 bridgehead atoms. The molecule has 10 heteroatoms. The molecule has 1 saturated heterocycles. The molecule has 6 rings (SSSR count). The summed E-state index contributed by atoms with van der Waals surface area (Å²) < 4.78 is 11.8. The number of amides is 2. The van der Waals surface area contributed by atoms with Crippen LogP contribution in [0.2, 0.25) is 0 Å². The van der Waals surface area contributed by atoms with Gasteiger partial charge < -0.3 is 14.8 Å². The number of nitrogens with one attached hydrogen (secondary N) is 1. The number of esters is 1. The molecule has 1 unspecified atom stereocenters. The van der Waals surface area contributed by atoms with E-state index in [1.807, 2.05) is 97.9 Å². The molecule has 1 aromatic heterocycles. The first-order chi connectivity index (χ1) is 21.5. The lowest BCUT2D eigenvalue weighted by Gasteiger charge is -2.49. The number of ether oxygens (including phenoxy) is 2. The van der Waals surface area contributed by atoms with E-state index in [0.717, 1.165) is 21.7 Å². The second-order valence-electron chi connectivity index (χ2n) is 10.2. The molecule has 222 valence electrons. The van der Waals surface area contributed by atoms with Crippen molar-refractivity contribution in [3.8, 4) is 5.75 Å². The average molecular weight is 624 g/mol. The number of rotatable bonds is 10. The number of benzene rings is 3. The maximum Gasteiger partial charge on any atom is 0.356 e. The molecule has 3 aromatic carbocycles. The van der Waals surface area contributed by atoms with Gasteiger partial charge in [0.2, 0.25) is 0 Å². The van der Waals surface area contributed by atoms with Crippen molar-refractivity contribution in [3.63, 3.8) is 0 Å². The van der Waals surface area contributed by atoms with Gasteiger partial charge in [0.1, 0.15) is 22.9 Å². The lowest BCUT2D eigenvalue weighted by atomic mass is 10.0. The lowest BCUT2D eigenvalue weighted by Crippen LogP contribution is -2.70. The molecule has 2 aliphatic rings. The fourth-order valence-electron chi connectivity index (χ4n) is 5.04. The number of hydrogen-bond acceptors (Lipinski definition) is 8. The van der Waals surface area contributed by atoms with E-state index in [1.54, 1.807) is 17.6 Å². The van der Waals surface area contributed by atoms with Gasteiger partial charge in [0.05, 0.1) is 11.2 Å². The van der Waals surface area contributed by atoms with E-state index >= 15 is 0 Å². The summed E-state index contributed by atoms with van der Waals surface area (Å²) in [6, 6.07) is 27.2. The average Bonchev–Trinajstić information content (AvgIpc) is 3.49. The van der Waals surface area contributed by atoms with Crippen molar-refractivity contribution in [1.82, 2.24) is 15.2 Å². The molecule has 2 aliphatic heterocycles. The number of aryl methyl sites for hydroxylation is 1. The van der Waals surface area contributed by atoms with Crippen molar-refractivity contribution in [1.29, 1.82) is 0 Å². The molecule has 3 heterocycles. The van der Waals surface area contributed by atoms with Crippen LogP contribution in [0.3, 0.4) is 0 Å². The minimum Gasteiger partial charge on any atom is -0.484 e. The summed E-state index contributed by atoms with van der Waals surface area (Å²) in [6.07, 6.45) is 3.08. The second kappa shape index (κ2) is 13.3. The van der Waals surface area contributed by atoms with E-state index in [0.29, 0.717) is 17.1 Å². The van der Waals surface area contributed by atoms with E-state index in [-0.39, 0.29) is 18.2 Å². The summed E-state index contributed by atoms with van der Waals surface area (Å²) in [7, 11) is 0. The number of carbonyl (C=O) groups excluding carboxylic acids is 3. The highest BCUT2D eigenvalue weighted by molar-refractivity contribution is 8.00. The van der Waals surface area contributed by atoms with E-state index < -0.39 is 29.4 Å².